The number of nitrogens with two attached hydrogens (primary N) is 1. The average Bonchev–Trinajstić information content (AvgIpc) is 2.52. The van der Waals surface area contributed by atoms with Crippen LogP contribution in [0.4, 0.5) is 4.79 Å². The van der Waals surface area contributed by atoms with Crippen molar-refractivity contribution >= 4 is 6.03 Å². The summed E-state index contributed by atoms with van der Waals surface area (Å²) in [5, 5.41) is 2.95. The Hall–Kier alpha value is -0.770. The van der Waals surface area contributed by atoms with E-state index in [1.165, 1.54) is 12.8 Å². The molecule has 0 atom stereocenters. The third kappa shape index (κ3) is 5.02. The molecule has 1 rings (SSSR count). The highest BCUT2D eigenvalue weighted by atomic mass is 16.2. The van der Waals surface area contributed by atoms with Gasteiger partial charge in [0.2, 0.25) is 0 Å². The van der Waals surface area contributed by atoms with Gasteiger partial charge in [-0.3, -0.25) is 0 Å². The molecule has 0 aromatic rings. The van der Waals surface area contributed by atoms with Crippen molar-refractivity contribution in [3.63, 3.8) is 0 Å². The highest BCUT2D eigenvalue weighted by Crippen LogP contribution is 2.09. The molecule has 1 saturated heterocycles. The Kier molecular flexibility index (Phi) is 6.16. The first-order valence-electron chi connectivity index (χ1n) is 6.07. The van der Waals surface area contributed by atoms with Crippen LogP contribution in [0.15, 0.2) is 0 Å². The minimum atomic E-state index is 0.105. The van der Waals surface area contributed by atoms with E-state index in [1.54, 1.807) is 0 Å². The van der Waals surface area contributed by atoms with Crippen LogP contribution in [-0.2, 0) is 0 Å². The van der Waals surface area contributed by atoms with Gasteiger partial charge in [0.05, 0.1) is 0 Å². The number of hydrogen-bond acceptors (Lipinski definition) is 2. The summed E-state index contributed by atoms with van der Waals surface area (Å²) in [5.74, 6) is 0. The highest BCUT2D eigenvalue weighted by molar-refractivity contribution is 5.74. The Morgan fingerprint density at radius 3 is 2.40 bits per heavy atom. The lowest BCUT2D eigenvalue weighted by Gasteiger charge is -2.20. The molecule has 0 spiro atoms. The smallest absolute Gasteiger partial charge is 0.317 e. The van der Waals surface area contributed by atoms with Crippen molar-refractivity contribution in [1.82, 2.24) is 10.2 Å². The van der Waals surface area contributed by atoms with Crippen LogP contribution in [0.1, 0.15) is 38.5 Å². The Morgan fingerprint density at radius 2 is 1.80 bits per heavy atom. The fourth-order valence-corrected chi connectivity index (χ4v) is 1.85. The fraction of sp³-hybridized carbons (Fsp3) is 0.909. The zero-order valence-corrected chi connectivity index (χ0v) is 9.50. The summed E-state index contributed by atoms with van der Waals surface area (Å²) in [6.07, 6.45) is 6.79. The molecule has 0 radical (unpaired) electrons. The van der Waals surface area contributed by atoms with E-state index in [1.807, 2.05) is 4.90 Å². The zero-order chi connectivity index (χ0) is 10.9. The second-order valence-corrected chi connectivity index (χ2v) is 4.13. The van der Waals surface area contributed by atoms with Crippen LogP contribution >= 0.6 is 0 Å². The Labute approximate surface area is 92.2 Å². The third-order valence-electron chi connectivity index (χ3n) is 2.80. The first-order chi connectivity index (χ1) is 7.34. The number of likely N-dealkylation sites (tertiary alicyclic amines) is 1. The number of unbranched alkanes of at least 4 members (excludes halogenated alkanes) is 1. The van der Waals surface area contributed by atoms with Gasteiger partial charge in [-0.05, 0) is 32.2 Å². The quantitative estimate of drug-likeness (QED) is 0.692. The topological polar surface area (TPSA) is 58.4 Å². The number of hydrogen-bond donors (Lipinski definition) is 2. The monoisotopic (exact) mass is 213 g/mol. The molecule has 3 N–H and O–H groups in total. The van der Waals surface area contributed by atoms with Gasteiger partial charge in [0.1, 0.15) is 0 Å². The van der Waals surface area contributed by atoms with Crippen molar-refractivity contribution in [3.8, 4) is 0 Å². The predicted octanol–water partition coefficient (Wildman–Crippen LogP) is 1.31. The van der Waals surface area contributed by atoms with E-state index in [9.17, 15) is 4.79 Å². The minimum Gasteiger partial charge on any atom is -0.338 e. The Morgan fingerprint density at radius 1 is 1.13 bits per heavy atom. The van der Waals surface area contributed by atoms with E-state index in [2.05, 4.69) is 5.32 Å². The SMILES string of the molecule is NCCCCNC(=O)N1CCCCCC1. The molecule has 4 nitrogen and oxygen atoms in total. The molecule has 0 bridgehead atoms. The van der Waals surface area contributed by atoms with Crippen LogP contribution in [0.2, 0.25) is 0 Å². The van der Waals surface area contributed by atoms with E-state index in [0.29, 0.717) is 6.54 Å². The summed E-state index contributed by atoms with van der Waals surface area (Å²) in [4.78, 5) is 13.6. The summed E-state index contributed by atoms with van der Waals surface area (Å²) in [6.45, 7) is 3.30. The number of nitrogens with one attached hydrogen (secondary N) is 1. The van der Waals surface area contributed by atoms with Crippen molar-refractivity contribution in [2.45, 2.75) is 38.5 Å². The number of nitrogens with zero attached hydrogens (tertiary/aromatic N) is 1. The Bertz CT molecular complexity index is 177. The van der Waals surface area contributed by atoms with Gasteiger partial charge in [-0.2, -0.15) is 0 Å². The van der Waals surface area contributed by atoms with E-state index in [-0.39, 0.29) is 6.03 Å². The average molecular weight is 213 g/mol. The molecule has 15 heavy (non-hydrogen) atoms. The van der Waals surface area contributed by atoms with Crippen molar-refractivity contribution in [3.05, 3.63) is 0 Å². The van der Waals surface area contributed by atoms with E-state index in [4.69, 9.17) is 5.73 Å². The van der Waals surface area contributed by atoms with Gasteiger partial charge in [-0.15, -0.1) is 0 Å². The molecule has 0 saturated carbocycles. The van der Waals surface area contributed by atoms with Gasteiger partial charge in [0.25, 0.3) is 0 Å². The van der Waals surface area contributed by atoms with Crippen molar-refractivity contribution in [1.29, 1.82) is 0 Å². The molecule has 2 amide bonds. The molecule has 0 aromatic carbocycles. The van der Waals surface area contributed by atoms with Crippen LogP contribution in [0.25, 0.3) is 0 Å². The van der Waals surface area contributed by atoms with Gasteiger partial charge in [0, 0.05) is 19.6 Å². The number of carbonyl (C=O) groups is 1. The first-order valence-corrected chi connectivity index (χ1v) is 6.07. The van der Waals surface area contributed by atoms with Gasteiger partial charge < -0.3 is 16.0 Å². The zero-order valence-electron chi connectivity index (χ0n) is 9.50. The molecular weight excluding hydrogens is 190 g/mol. The molecule has 1 aliphatic rings. The highest BCUT2D eigenvalue weighted by Gasteiger charge is 2.14. The maximum Gasteiger partial charge on any atom is 0.317 e. The lowest BCUT2D eigenvalue weighted by atomic mass is 10.2. The van der Waals surface area contributed by atoms with Crippen molar-refractivity contribution in [2.24, 2.45) is 5.73 Å². The van der Waals surface area contributed by atoms with E-state index < -0.39 is 0 Å². The van der Waals surface area contributed by atoms with E-state index in [0.717, 1.165) is 45.3 Å². The number of urea groups is 1. The predicted molar refractivity (Wildman–Crippen MR) is 61.7 cm³/mol. The van der Waals surface area contributed by atoms with Crippen molar-refractivity contribution < 1.29 is 4.79 Å². The lowest BCUT2D eigenvalue weighted by molar-refractivity contribution is 0.199. The summed E-state index contributed by atoms with van der Waals surface area (Å²) in [6, 6.07) is 0.105. The third-order valence-corrected chi connectivity index (χ3v) is 2.80. The van der Waals surface area contributed by atoms with Gasteiger partial charge >= 0.3 is 6.03 Å². The largest absolute Gasteiger partial charge is 0.338 e. The molecule has 88 valence electrons. The van der Waals surface area contributed by atoms with Crippen LogP contribution in [0.5, 0.6) is 0 Å². The summed E-state index contributed by atoms with van der Waals surface area (Å²) < 4.78 is 0. The molecule has 1 aliphatic heterocycles. The number of amides is 2. The Balaban J connectivity index is 2.14. The van der Waals surface area contributed by atoms with Gasteiger partial charge in [-0.25, -0.2) is 4.79 Å². The minimum absolute atomic E-state index is 0.105. The maximum absolute atomic E-state index is 11.7. The van der Waals surface area contributed by atoms with Gasteiger partial charge in [-0.1, -0.05) is 12.8 Å². The van der Waals surface area contributed by atoms with Crippen LogP contribution in [0.3, 0.4) is 0 Å². The standard InChI is InChI=1S/C11H23N3O/c12-7-3-4-8-13-11(15)14-9-5-1-2-6-10-14/h1-10,12H2,(H,13,15). The summed E-state index contributed by atoms with van der Waals surface area (Å²) in [7, 11) is 0. The number of carbonyl (C=O) groups excluding carboxylic acids is 1. The molecule has 1 fully saturated rings. The van der Waals surface area contributed by atoms with Crippen molar-refractivity contribution in [2.75, 3.05) is 26.2 Å². The molecule has 0 aliphatic carbocycles. The first kappa shape index (κ1) is 12.3. The molecule has 0 aromatic heterocycles. The van der Waals surface area contributed by atoms with Gasteiger partial charge in [0.15, 0.2) is 0 Å². The molecular formula is C11H23N3O. The lowest BCUT2D eigenvalue weighted by Crippen LogP contribution is -2.40. The molecule has 1 heterocycles. The van der Waals surface area contributed by atoms with E-state index >= 15 is 0 Å². The maximum atomic E-state index is 11.7. The molecule has 0 unspecified atom stereocenters. The van der Waals surface area contributed by atoms with Crippen LogP contribution in [-0.4, -0.2) is 37.1 Å². The van der Waals surface area contributed by atoms with Crippen LogP contribution in [0, 0.1) is 0 Å². The summed E-state index contributed by atoms with van der Waals surface area (Å²) >= 11 is 0. The molecule has 4 heteroatoms. The number of rotatable bonds is 4. The normalized spacial score (nSPS) is 17.3. The second kappa shape index (κ2) is 7.51. The summed E-state index contributed by atoms with van der Waals surface area (Å²) in [5.41, 5.74) is 5.39. The van der Waals surface area contributed by atoms with Crippen LogP contribution < -0.4 is 11.1 Å². The second-order valence-electron chi connectivity index (χ2n) is 4.13. The fourth-order valence-electron chi connectivity index (χ4n) is 1.85.